The van der Waals surface area contributed by atoms with Crippen LogP contribution in [-0.4, -0.2) is 52.7 Å². The SMILES string of the molecule is COc1cc(-c2cn(C)c(=O)c3cc(-c4nc5ccncc5[nH]4)sc23)cc(OC)c1CN(C)C. The van der Waals surface area contributed by atoms with Crippen molar-refractivity contribution in [2.45, 2.75) is 6.54 Å². The van der Waals surface area contributed by atoms with Crippen molar-refractivity contribution >= 4 is 32.5 Å². The zero-order valence-electron chi connectivity index (χ0n) is 19.7. The predicted molar refractivity (Wildman–Crippen MR) is 136 cm³/mol. The van der Waals surface area contributed by atoms with Gasteiger partial charge in [0.1, 0.15) is 17.3 Å². The molecular formula is C25H25N5O3S. The van der Waals surface area contributed by atoms with Gasteiger partial charge in [0, 0.05) is 36.2 Å². The van der Waals surface area contributed by atoms with Crippen molar-refractivity contribution in [1.29, 1.82) is 0 Å². The van der Waals surface area contributed by atoms with Gasteiger partial charge in [-0.05, 0) is 43.9 Å². The van der Waals surface area contributed by atoms with Crippen LogP contribution < -0.4 is 15.0 Å². The molecule has 4 aromatic heterocycles. The molecule has 0 aliphatic carbocycles. The van der Waals surface area contributed by atoms with Crippen LogP contribution in [0.25, 0.3) is 42.9 Å². The largest absolute Gasteiger partial charge is 0.496 e. The number of thiophene rings is 1. The molecule has 0 bridgehead atoms. The highest BCUT2D eigenvalue weighted by Gasteiger charge is 2.19. The van der Waals surface area contributed by atoms with E-state index in [-0.39, 0.29) is 5.56 Å². The number of rotatable bonds is 6. The zero-order chi connectivity index (χ0) is 24.0. The Morgan fingerprint density at radius 3 is 2.53 bits per heavy atom. The second-order valence-electron chi connectivity index (χ2n) is 8.39. The fourth-order valence-electron chi connectivity index (χ4n) is 4.16. The molecule has 0 saturated carbocycles. The molecule has 5 aromatic rings. The summed E-state index contributed by atoms with van der Waals surface area (Å²) in [5.41, 5.74) is 4.46. The van der Waals surface area contributed by atoms with E-state index in [1.807, 2.05) is 44.6 Å². The number of hydrogen-bond donors (Lipinski definition) is 1. The number of imidazole rings is 1. The maximum absolute atomic E-state index is 13.0. The zero-order valence-corrected chi connectivity index (χ0v) is 20.5. The van der Waals surface area contributed by atoms with Gasteiger partial charge in [-0.1, -0.05) is 0 Å². The van der Waals surface area contributed by atoms with E-state index in [9.17, 15) is 4.79 Å². The Morgan fingerprint density at radius 1 is 1.15 bits per heavy atom. The van der Waals surface area contributed by atoms with Gasteiger partial charge in [0.2, 0.25) is 0 Å². The minimum atomic E-state index is -0.0535. The summed E-state index contributed by atoms with van der Waals surface area (Å²) in [6, 6.07) is 7.78. The Bertz CT molecular complexity index is 1520. The van der Waals surface area contributed by atoms with Crippen LogP contribution in [0.3, 0.4) is 0 Å². The molecule has 0 amide bonds. The minimum absolute atomic E-state index is 0.0535. The third kappa shape index (κ3) is 3.72. The second-order valence-corrected chi connectivity index (χ2v) is 9.44. The third-order valence-electron chi connectivity index (χ3n) is 5.76. The first-order valence-electron chi connectivity index (χ1n) is 10.7. The number of pyridine rings is 2. The topological polar surface area (TPSA) is 85.3 Å². The molecule has 0 aliphatic rings. The highest BCUT2D eigenvalue weighted by molar-refractivity contribution is 7.22. The maximum atomic E-state index is 13.0. The summed E-state index contributed by atoms with van der Waals surface area (Å²) in [7, 11) is 9.10. The summed E-state index contributed by atoms with van der Waals surface area (Å²) in [6.45, 7) is 0.680. The first kappa shape index (κ1) is 22.1. The van der Waals surface area contributed by atoms with Crippen LogP contribution >= 0.6 is 11.3 Å². The van der Waals surface area contributed by atoms with Gasteiger partial charge >= 0.3 is 0 Å². The lowest BCUT2D eigenvalue weighted by Gasteiger charge is -2.19. The normalized spacial score (nSPS) is 11.6. The number of benzene rings is 1. The van der Waals surface area contributed by atoms with E-state index in [2.05, 4.69) is 19.9 Å². The van der Waals surface area contributed by atoms with Gasteiger partial charge in [0.25, 0.3) is 5.56 Å². The van der Waals surface area contributed by atoms with Crippen molar-refractivity contribution < 1.29 is 9.47 Å². The van der Waals surface area contributed by atoms with E-state index in [1.54, 1.807) is 38.2 Å². The number of nitrogens with zero attached hydrogens (tertiary/aromatic N) is 4. The Balaban J connectivity index is 1.73. The molecule has 8 nitrogen and oxygen atoms in total. The molecular weight excluding hydrogens is 450 g/mol. The van der Waals surface area contributed by atoms with Crippen LogP contribution in [0.4, 0.5) is 0 Å². The van der Waals surface area contributed by atoms with E-state index in [4.69, 9.17) is 9.47 Å². The van der Waals surface area contributed by atoms with Crippen molar-refractivity contribution in [3.05, 3.63) is 58.8 Å². The number of H-pyrrole nitrogens is 1. The summed E-state index contributed by atoms with van der Waals surface area (Å²) >= 11 is 1.53. The third-order valence-corrected chi connectivity index (χ3v) is 6.94. The van der Waals surface area contributed by atoms with Gasteiger partial charge in [-0.15, -0.1) is 11.3 Å². The fourth-order valence-corrected chi connectivity index (χ4v) is 5.29. The van der Waals surface area contributed by atoms with E-state index >= 15 is 0 Å². The molecule has 0 saturated heterocycles. The molecule has 0 spiro atoms. The second kappa shape index (κ2) is 8.58. The molecule has 1 aromatic carbocycles. The van der Waals surface area contributed by atoms with E-state index in [1.165, 1.54) is 11.3 Å². The Labute approximate surface area is 200 Å². The summed E-state index contributed by atoms with van der Waals surface area (Å²) in [5.74, 6) is 2.20. The lowest BCUT2D eigenvalue weighted by atomic mass is 10.0. The lowest BCUT2D eigenvalue weighted by molar-refractivity contribution is 0.349. The number of fused-ring (bicyclic) bond motifs is 2. The molecule has 0 unspecified atom stereocenters. The molecule has 0 aliphatic heterocycles. The molecule has 1 N–H and O–H groups in total. The molecule has 34 heavy (non-hydrogen) atoms. The summed E-state index contributed by atoms with van der Waals surface area (Å²) in [4.78, 5) is 28.1. The molecule has 174 valence electrons. The van der Waals surface area contributed by atoms with Gasteiger partial charge in [-0.2, -0.15) is 0 Å². The predicted octanol–water partition coefficient (Wildman–Crippen LogP) is 4.28. The van der Waals surface area contributed by atoms with E-state index in [0.29, 0.717) is 17.8 Å². The van der Waals surface area contributed by atoms with Gasteiger partial charge in [-0.25, -0.2) is 4.98 Å². The Kier molecular flexibility index (Phi) is 5.59. The lowest BCUT2D eigenvalue weighted by Crippen LogP contribution is -2.15. The van der Waals surface area contributed by atoms with E-state index in [0.717, 1.165) is 48.8 Å². The number of nitrogens with one attached hydrogen (secondary N) is 1. The number of aromatic nitrogens is 4. The quantitative estimate of drug-likeness (QED) is 0.395. The molecule has 0 fully saturated rings. The summed E-state index contributed by atoms with van der Waals surface area (Å²) in [6.07, 6.45) is 5.33. The highest BCUT2D eigenvalue weighted by Crippen LogP contribution is 2.41. The Morgan fingerprint density at radius 2 is 1.88 bits per heavy atom. The van der Waals surface area contributed by atoms with Crippen LogP contribution in [0, 0.1) is 0 Å². The summed E-state index contributed by atoms with van der Waals surface area (Å²) in [5, 5.41) is 0.647. The fraction of sp³-hybridized carbons (Fsp3) is 0.240. The van der Waals surface area contributed by atoms with Crippen LogP contribution in [0.2, 0.25) is 0 Å². The maximum Gasteiger partial charge on any atom is 0.259 e. The van der Waals surface area contributed by atoms with Gasteiger partial charge in [0.15, 0.2) is 0 Å². The van der Waals surface area contributed by atoms with Crippen molar-refractivity contribution in [3.8, 4) is 33.3 Å². The first-order valence-corrected chi connectivity index (χ1v) is 11.5. The summed E-state index contributed by atoms with van der Waals surface area (Å²) < 4.78 is 14.0. The van der Waals surface area contributed by atoms with Crippen molar-refractivity contribution in [3.63, 3.8) is 0 Å². The van der Waals surface area contributed by atoms with Crippen LogP contribution in [-0.2, 0) is 13.6 Å². The molecule has 9 heteroatoms. The van der Waals surface area contributed by atoms with Gasteiger partial charge < -0.3 is 23.9 Å². The highest BCUT2D eigenvalue weighted by atomic mass is 32.1. The van der Waals surface area contributed by atoms with Gasteiger partial charge in [-0.3, -0.25) is 9.78 Å². The first-order chi connectivity index (χ1) is 16.4. The number of ether oxygens (including phenoxy) is 2. The van der Waals surface area contributed by atoms with Crippen LogP contribution in [0.1, 0.15) is 5.56 Å². The van der Waals surface area contributed by atoms with Gasteiger partial charge in [0.05, 0.1) is 47.3 Å². The monoisotopic (exact) mass is 475 g/mol. The van der Waals surface area contributed by atoms with Crippen molar-refractivity contribution in [2.24, 2.45) is 7.05 Å². The Hall–Kier alpha value is -3.69. The molecule has 0 radical (unpaired) electrons. The van der Waals surface area contributed by atoms with Crippen LogP contribution in [0.15, 0.2) is 47.7 Å². The number of aryl methyl sites for hydroxylation is 1. The average Bonchev–Trinajstić information content (AvgIpc) is 3.46. The smallest absolute Gasteiger partial charge is 0.259 e. The number of aromatic amines is 1. The van der Waals surface area contributed by atoms with E-state index < -0.39 is 0 Å². The molecule has 4 heterocycles. The molecule has 5 rings (SSSR count). The number of hydrogen-bond acceptors (Lipinski definition) is 7. The number of methoxy groups -OCH3 is 2. The average molecular weight is 476 g/mol. The standard InChI is InChI=1S/C25H25N5O3S/c1-29(2)12-17-20(32-4)8-14(9-21(17)33-5)16-13-30(3)25(31)15-10-22(34-23(15)16)24-27-18-6-7-26-11-19(18)28-24/h6-11,13H,12H2,1-5H3,(H,27,28). The van der Waals surface area contributed by atoms with Crippen molar-refractivity contribution in [2.75, 3.05) is 28.3 Å². The molecule has 0 atom stereocenters. The van der Waals surface area contributed by atoms with Crippen LogP contribution in [0.5, 0.6) is 11.5 Å². The minimum Gasteiger partial charge on any atom is -0.496 e. The van der Waals surface area contributed by atoms with Crippen molar-refractivity contribution in [1.82, 2.24) is 24.4 Å².